The van der Waals surface area contributed by atoms with Gasteiger partial charge in [0.05, 0.1) is 21.7 Å². The molecule has 1 heterocycles. The summed E-state index contributed by atoms with van der Waals surface area (Å²) in [4.78, 5) is 50.1. The number of halogens is 1. The molecule has 0 aliphatic carbocycles. The second kappa shape index (κ2) is 9.56. The number of amides is 3. The van der Waals surface area contributed by atoms with Crippen molar-refractivity contribution in [1.82, 2.24) is 0 Å². The predicted molar refractivity (Wildman–Crippen MR) is 137 cm³/mol. The van der Waals surface area contributed by atoms with Crippen LogP contribution in [0.5, 0.6) is 11.5 Å². The number of rotatable bonds is 6. The zero-order valence-electron chi connectivity index (χ0n) is 18.9. The Bertz CT molecular complexity index is 1570. The van der Waals surface area contributed by atoms with Gasteiger partial charge in [0.15, 0.2) is 0 Å². The van der Waals surface area contributed by atoms with Crippen LogP contribution < -0.4 is 15.0 Å². The summed E-state index contributed by atoms with van der Waals surface area (Å²) in [7, 11) is 0. The number of hydrogen-bond donors (Lipinski definition) is 1. The van der Waals surface area contributed by atoms with E-state index in [2.05, 4.69) is 5.32 Å². The Morgan fingerprint density at radius 1 is 0.838 bits per heavy atom. The smallest absolute Gasteiger partial charge is 0.270 e. The molecule has 9 nitrogen and oxygen atoms in total. The zero-order valence-corrected chi connectivity index (χ0v) is 19.6. The number of nitrogens with zero attached hydrogens (tertiary/aromatic N) is 2. The number of ether oxygens (including phenoxy) is 1. The van der Waals surface area contributed by atoms with Gasteiger partial charge in [-0.3, -0.25) is 24.5 Å². The summed E-state index contributed by atoms with van der Waals surface area (Å²) in [6.45, 7) is 0. The third kappa shape index (κ3) is 4.75. The van der Waals surface area contributed by atoms with E-state index in [1.165, 1.54) is 36.4 Å². The van der Waals surface area contributed by atoms with E-state index in [1.807, 2.05) is 0 Å². The Morgan fingerprint density at radius 3 is 2.16 bits per heavy atom. The van der Waals surface area contributed by atoms with E-state index in [4.69, 9.17) is 16.3 Å². The first-order chi connectivity index (χ1) is 17.8. The molecule has 3 amide bonds. The maximum Gasteiger partial charge on any atom is 0.270 e. The average molecular weight is 514 g/mol. The number of hydrogen-bond acceptors (Lipinski definition) is 6. The average Bonchev–Trinajstić information content (AvgIpc) is 3.15. The van der Waals surface area contributed by atoms with Crippen LogP contribution in [0.3, 0.4) is 0 Å². The monoisotopic (exact) mass is 513 g/mol. The SMILES string of the molecule is O=C(Nc1ccc2c(c1)C(=O)N(c1ccc(Oc3ccc(Cl)cc3)cc1)C2=O)c1cccc([N+](=O)[O-])c1. The van der Waals surface area contributed by atoms with E-state index in [9.17, 15) is 24.5 Å². The van der Waals surface area contributed by atoms with Crippen molar-refractivity contribution in [2.75, 3.05) is 10.2 Å². The van der Waals surface area contributed by atoms with Gasteiger partial charge in [0.25, 0.3) is 23.4 Å². The van der Waals surface area contributed by atoms with Gasteiger partial charge in [-0.15, -0.1) is 0 Å². The summed E-state index contributed by atoms with van der Waals surface area (Å²) in [6, 6.07) is 22.9. The van der Waals surface area contributed by atoms with Gasteiger partial charge in [-0.1, -0.05) is 17.7 Å². The fourth-order valence-corrected chi connectivity index (χ4v) is 3.95. The largest absolute Gasteiger partial charge is 0.457 e. The maximum atomic E-state index is 13.1. The molecule has 37 heavy (non-hydrogen) atoms. The summed E-state index contributed by atoms with van der Waals surface area (Å²) >= 11 is 5.88. The van der Waals surface area contributed by atoms with Gasteiger partial charge in [-0.05, 0) is 72.8 Å². The van der Waals surface area contributed by atoms with Crippen molar-refractivity contribution in [3.05, 3.63) is 123 Å². The number of non-ortho nitro benzene ring substituents is 1. The van der Waals surface area contributed by atoms with Gasteiger partial charge >= 0.3 is 0 Å². The van der Waals surface area contributed by atoms with Crippen LogP contribution in [0.25, 0.3) is 0 Å². The summed E-state index contributed by atoms with van der Waals surface area (Å²) in [5.41, 5.74) is 0.812. The first kappa shape index (κ1) is 23.7. The molecule has 0 aromatic heterocycles. The molecule has 0 atom stereocenters. The van der Waals surface area contributed by atoms with E-state index in [0.717, 1.165) is 11.0 Å². The number of benzene rings is 4. The van der Waals surface area contributed by atoms with E-state index in [-0.39, 0.29) is 28.1 Å². The first-order valence-electron chi connectivity index (χ1n) is 10.9. The van der Waals surface area contributed by atoms with Gasteiger partial charge in [0.2, 0.25) is 0 Å². The fourth-order valence-electron chi connectivity index (χ4n) is 3.82. The number of carbonyl (C=O) groups is 3. The highest BCUT2D eigenvalue weighted by Crippen LogP contribution is 2.32. The van der Waals surface area contributed by atoms with Crippen LogP contribution in [0.4, 0.5) is 17.1 Å². The van der Waals surface area contributed by atoms with Crippen molar-refractivity contribution in [2.45, 2.75) is 0 Å². The minimum atomic E-state index is -0.596. The molecule has 4 aromatic carbocycles. The van der Waals surface area contributed by atoms with E-state index in [1.54, 1.807) is 48.5 Å². The second-order valence-electron chi connectivity index (χ2n) is 8.02. The molecule has 4 aromatic rings. The van der Waals surface area contributed by atoms with Gasteiger partial charge in [0.1, 0.15) is 11.5 Å². The van der Waals surface area contributed by atoms with Crippen molar-refractivity contribution in [3.8, 4) is 11.5 Å². The number of fused-ring (bicyclic) bond motifs is 1. The number of anilines is 2. The van der Waals surface area contributed by atoms with Crippen LogP contribution in [0.15, 0.2) is 91.0 Å². The summed E-state index contributed by atoms with van der Waals surface area (Å²) in [5, 5.41) is 14.2. The Balaban J connectivity index is 1.33. The number of nitro groups is 1. The minimum absolute atomic E-state index is 0.0830. The molecule has 0 spiro atoms. The second-order valence-corrected chi connectivity index (χ2v) is 8.45. The normalized spacial score (nSPS) is 12.3. The maximum absolute atomic E-state index is 13.1. The third-order valence-electron chi connectivity index (χ3n) is 5.61. The van der Waals surface area contributed by atoms with E-state index in [0.29, 0.717) is 22.2 Å². The lowest BCUT2D eigenvalue weighted by Crippen LogP contribution is -2.29. The molecule has 0 bridgehead atoms. The van der Waals surface area contributed by atoms with Crippen molar-refractivity contribution in [2.24, 2.45) is 0 Å². The molecular weight excluding hydrogens is 498 g/mol. The Labute approximate surface area is 215 Å². The minimum Gasteiger partial charge on any atom is -0.457 e. The van der Waals surface area contributed by atoms with Crippen molar-refractivity contribution >= 4 is 46.4 Å². The molecule has 10 heteroatoms. The molecule has 1 N–H and O–H groups in total. The van der Waals surface area contributed by atoms with Crippen LogP contribution in [0, 0.1) is 10.1 Å². The molecule has 0 radical (unpaired) electrons. The molecular formula is C27H16ClN3O6. The number of nitro benzene ring substituents is 1. The van der Waals surface area contributed by atoms with Crippen LogP contribution in [-0.2, 0) is 0 Å². The Morgan fingerprint density at radius 2 is 1.49 bits per heavy atom. The molecule has 182 valence electrons. The van der Waals surface area contributed by atoms with Gasteiger partial charge in [-0.25, -0.2) is 4.90 Å². The fraction of sp³-hybridized carbons (Fsp3) is 0. The van der Waals surface area contributed by atoms with Crippen LogP contribution in [0.1, 0.15) is 31.1 Å². The van der Waals surface area contributed by atoms with Crippen LogP contribution in [0.2, 0.25) is 5.02 Å². The Kier molecular flexibility index (Phi) is 6.12. The topological polar surface area (TPSA) is 119 Å². The van der Waals surface area contributed by atoms with Crippen molar-refractivity contribution in [1.29, 1.82) is 0 Å². The highest BCUT2D eigenvalue weighted by Gasteiger charge is 2.37. The summed E-state index contributed by atoms with van der Waals surface area (Å²) in [6.07, 6.45) is 0. The highest BCUT2D eigenvalue weighted by atomic mass is 35.5. The standard InChI is InChI=1S/C27H16ClN3O6/c28-17-4-9-21(10-5-17)37-22-11-7-19(8-12-22)30-26(33)23-13-6-18(15-24(23)27(30)34)29-25(32)16-2-1-3-20(14-16)31(35)36/h1-15H,(H,29,32). The first-order valence-corrected chi connectivity index (χ1v) is 11.3. The van der Waals surface area contributed by atoms with Gasteiger partial charge in [-0.2, -0.15) is 0 Å². The molecule has 5 rings (SSSR count). The molecule has 0 saturated carbocycles. The predicted octanol–water partition coefficient (Wildman–Crippen LogP) is 6.09. The quantitative estimate of drug-likeness (QED) is 0.189. The van der Waals surface area contributed by atoms with E-state index >= 15 is 0 Å². The molecule has 0 fully saturated rings. The third-order valence-corrected chi connectivity index (χ3v) is 5.86. The summed E-state index contributed by atoms with van der Waals surface area (Å²) < 4.78 is 5.75. The number of carbonyl (C=O) groups excluding carboxylic acids is 3. The highest BCUT2D eigenvalue weighted by molar-refractivity contribution is 6.34. The summed E-state index contributed by atoms with van der Waals surface area (Å²) in [5.74, 6) is -0.541. The van der Waals surface area contributed by atoms with Gasteiger partial charge < -0.3 is 10.1 Å². The molecule has 0 saturated heterocycles. The van der Waals surface area contributed by atoms with Crippen molar-refractivity contribution < 1.29 is 24.0 Å². The lowest BCUT2D eigenvalue weighted by Gasteiger charge is -2.14. The lowest BCUT2D eigenvalue weighted by atomic mass is 10.1. The Hall–Kier alpha value is -5.02. The number of imide groups is 1. The van der Waals surface area contributed by atoms with Gasteiger partial charge in [0, 0.05) is 28.4 Å². The lowest BCUT2D eigenvalue weighted by molar-refractivity contribution is -0.384. The zero-order chi connectivity index (χ0) is 26.1. The number of nitrogens with one attached hydrogen (secondary N) is 1. The van der Waals surface area contributed by atoms with Crippen LogP contribution in [-0.4, -0.2) is 22.6 Å². The molecule has 1 aliphatic rings. The van der Waals surface area contributed by atoms with E-state index < -0.39 is 22.6 Å². The molecule has 0 unspecified atom stereocenters. The molecule has 1 aliphatic heterocycles. The van der Waals surface area contributed by atoms with Crippen LogP contribution >= 0.6 is 11.6 Å². The van der Waals surface area contributed by atoms with Crippen molar-refractivity contribution in [3.63, 3.8) is 0 Å².